The highest BCUT2D eigenvalue weighted by atomic mass is 19.3. The molecule has 0 unspecified atom stereocenters. The quantitative estimate of drug-likeness (QED) is 0.448. The maximum Gasteiger partial charge on any atom is 0.323 e. The van der Waals surface area contributed by atoms with Crippen LogP contribution >= 0.6 is 0 Å². The Hall–Kier alpha value is -3.27. The first-order chi connectivity index (χ1) is 15.4. The van der Waals surface area contributed by atoms with Crippen LogP contribution in [0.4, 0.5) is 25.0 Å². The minimum absolute atomic E-state index is 0.0232. The highest BCUT2D eigenvalue weighted by molar-refractivity contribution is 6.04. The van der Waals surface area contributed by atoms with Crippen LogP contribution < -0.4 is 15.4 Å². The summed E-state index contributed by atoms with van der Waals surface area (Å²) in [7, 11) is 1.59. The number of carbonyl (C=O) groups is 1. The van der Waals surface area contributed by atoms with Gasteiger partial charge in [-0.1, -0.05) is 0 Å². The number of halogens is 2. The summed E-state index contributed by atoms with van der Waals surface area (Å²) in [5, 5.41) is 5.48. The van der Waals surface area contributed by atoms with Gasteiger partial charge in [-0.15, -0.1) is 0 Å². The maximum absolute atomic E-state index is 13.4. The summed E-state index contributed by atoms with van der Waals surface area (Å²) in [6, 6.07) is 6.60. The number of fused-ring (bicyclic) bond motifs is 1. The van der Waals surface area contributed by atoms with E-state index in [2.05, 4.69) is 25.6 Å². The Balaban J connectivity index is 1.36. The first-order valence-corrected chi connectivity index (χ1v) is 10.5. The molecule has 0 saturated heterocycles. The van der Waals surface area contributed by atoms with Gasteiger partial charge in [-0.3, -0.25) is 4.98 Å². The van der Waals surface area contributed by atoms with Gasteiger partial charge in [-0.25, -0.2) is 18.6 Å². The molecule has 3 aromatic heterocycles. The number of anilines is 2. The Morgan fingerprint density at radius 1 is 1.19 bits per heavy atom. The minimum Gasteiger partial charge on any atom is -0.475 e. The second kappa shape index (κ2) is 9.47. The van der Waals surface area contributed by atoms with E-state index in [-0.39, 0.29) is 18.8 Å². The van der Waals surface area contributed by atoms with Gasteiger partial charge < -0.3 is 25.1 Å². The van der Waals surface area contributed by atoms with Gasteiger partial charge >= 0.3 is 6.03 Å². The van der Waals surface area contributed by atoms with Crippen molar-refractivity contribution in [3.05, 3.63) is 42.4 Å². The van der Waals surface area contributed by atoms with Crippen LogP contribution in [0.15, 0.2) is 36.7 Å². The number of methoxy groups -OCH3 is 1. The average molecular weight is 445 g/mol. The predicted octanol–water partition coefficient (Wildman–Crippen LogP) is 4.92. The number of nitrogens with zero attached hydrogens (tertiary/aromatic N) is 2. The lowest BCUT2D eigenvalue weighted by Crippen LogP contribution is -2.24. The number of rotatable bonds is 7. The molecule has 0 bridgehead atoms. The number of urea groups is 1. The van der Waals surface area contributed by atoms with Crippen LogP contribution in [0.2, 0.25) is 0 Å². The summed E-state index contributed by atoms with van der Waals surface area (Å²) in [6.45, 7) is 0.815. The molecule has 1 aliphatic carbocycles. The molecular formula is C22H25F2N5O3. The first kappa shape index (κ1) is 21.9. The number of aromatic amines is 1. The zero-order valence-electron chi connectivity index (χ0n) is 17.7. The Labute approximate surface area is 183 Å². The molecule has 170 valence electrons. The molecule has 2 amide bonds. The second-order valence-corrected chi connectivity index (χ2v) is 7.77. The fourth-order valence-electron chi connectivity index (χ4n) is 3.73. The third kappa shape index (κ3) is 5.31. The number of H-pyrrole nitrogens is 1. The van der Waals surface area contributed by atoms with Gasteiger partial charge in [0.1, 0.15) is 12.1 Å². The van der Waals surface area contributed by atoms with E-state index in [0.717, 1.165) is 11.2 Å². The Kier molecular flexibility index (Phi) is 6.50. The summed E-state index contributed by atoms with van der Waals surface area (Å²) in [5.41, 5.74) is 3.10. The molecule has 3 N–H and O–H groups in total. The monoisotopic (exact) mass is 445 g/mol. The molecule has 10 heteroatoms. The van der Waals surface area contributed by atoms with E-state index in [0.29, 0.717) is 48.8 Å². The molecule has 0 spiro atoms. The Bertz CT molecular complexity index is 1060. The number of hydrogen-bond acceptors (Lipinski definition) is 5. The molecule has 1 aliphatic rings. The van der Waals surface area contributed by atoms with Crippen LogP contribution in [-0.2, 0) is 4.74 Å². The van der Waals surface area contributed by atoms with Gasteiger partial charge in [-0.05, 0) is 31.0 Å². The van der Waals surface area contributed by atoms with Crippen LogP contribution in [0.5, 0.6) is 5.88 Å². The fourth-order valence-corrected chi connectivity index (χ4v) is 3.73. The Morgan fingerprint density at radius 3 is 2.72 bits per heavy atom. The summed E-state index contributed by atoms with van der Waals surface area (Å²) < 4.78 is 37.2. The molecular weight excluding hydrogens is 420 g/mol. The average Bonchev–Trinajstić information content (AvgIpc) is 3.16. The van der Waals surface area contributed by atoms with Crippen molar-refractivity contribution in [3.63, 3.8) is 0 Å². The number of amides is 2. The molecule has 4 rings (SSSR count). The molecule has 3 heterocycles. The maximum atomic E-state index is 13.4. The van der Waals surface area contributed by atoms with E-state index < -0.39 is 12.0 Å². The fraction of sp³-hybridized carbons (Fsp3) is 0.409. The molecule has 1 fully saturated rings. The third-order valence-corrected chi connectivity index (χ3v) is 5.46. The van der Waals surface area contributed by atoms with Gasteiger partial charge in [0.05, 0.1) is 29.7 Å². The largest absolute Gasteiger partial charge is 0.475 e. The van der Waals surface area contributed by atoms with E-state index in [4.69, 9.17) is 9.47 Å². The minimum atomic E-state index is -2.57. The van der Waals surface area contributed by atoms with Crippen molar-refractivity contribution in [1.82, 2.24) is 15.0 Å². The Morgan fingerprint density at radius 2 is 2.00 bits per heavy atom. The van der Waals surface area contributed by atoms with Gasteiger partial charge in [0, 0.05) is 43.8 Å². The third-order valence-electron chi connectivity index (χ3n) is 5.46. The summed E-state index contributed by atoms with van der Waals surface area (Å²) >= 11 is 0. The number of nitrogens with one attached hydrogen (secondary N) is 3. The van der Waals surface area contributed by atoms with Crippen molar-refractivity contribution in [2.75, 3.05) is 31.0 Å². The van der Waals surface area contributed by atoms with Crippen LogP contribution in [-0.4, -0.2) is 47.2 Å². The van der Waals surface area contributed by atoms with Crippen molar-refractivity contribution in [3.8, 4) is 5.88 Å². The van der Waals surface area contributed by atoms with Crippen molar-refractivity contribution in [2.24, 2.45) is 0 Å². The van der Waals surface area contributed by atoms with Gasteiger partial charge in [0.2, 0.25) is 11.8 Å². The molecule has 0 atom stereocenters. The standard InChI is InChI=1S/C22H25F2N5O3/c1-31-10-11-32-19-5-4-17-20(29-19)18(13-26-17)28-21(30)27-15-2-3-16(25-12-15)14-6-8-22(23,24)9-7-14/h2-5,12-14,26H,6-11H2,1H3,(H2,27,28,30). The zero-order valence-corrected chi connectivity index (χ0v) is 17.7. The van der Waals surface area contributed by atoms with E-state index in [1.54, 1.807) is 31.5 Å². The van der Waals surface area contributed by atoms with Crippen LogP contribution in [0.1, 0.15) is 37.3 Å². The zero-order chi connectivity index (χ0) is 22.6. The number of hydrogen-bond donors (Lipinski definition) is 3. The van der Waals surface area contributed by atoms with Crippen LogP contribution in [0.3, 0.4) is 0 Å². The SMILES string of the molecule is COCCOc1ccc2[nH]cc(NC(=O)Nc3ccc(C4CCC(F)(F)CC4)nc3)c2n1. The highest BCUT2D eigenvalue weighted by Crippen LogP contribution is 2.40. The van der Waals surface area contributed by atoms with Gasteiger partial charge in [0.15, 0.2) is 0 Å². The van der Waals surface area contributed by atoms with Crippen molar-refractivity contribution < 1.29 is 23.0 Å². The molecule has 0 radical (unpaired) electrons. The second-order valence-electron chi connectivity index (χ2n) is 7.77. The van der Waals surface area contributed by atoms with Gasteiger partial charge in [-0.2, -0.15) is 0 Å². The van der Waals surface area contributed by atoms with Crippen molar-refractivity contribution in [1.29, 1.82) is 0 Å². The molecule has 0 aliphatic heterocycles. The lowest BCUT2D eigenvalue weighted by molar-refractivity contribution is -0.0384. The molecule has 1 saturated carbocycles. The van der Waals surface area contributed by atoms with E-state index in [1.807, 2.05) is 6.07 Å². The van der Waals surface area contributed by atoms with Crippen LogP contribution in [0.25, 0.3) is 11.0 Å². The van der Waals surface area contributed by atoms with Crippen LogP contribution in [0, 0.1) is 0 Å². The topological polar surface area (TPSA) is 101 Å². The number of carbonyl (C=O) groups excluding carboxylic acids is 1. The predicted molar refractivity (Wildman–Crippen MR) is 116 cm³/mol. The van der Waals surface area contributed by atoms with E-state index in [1.165, 1.54) is 6.20 Å². The number of aromatic nitrogens is 3. The van der Waals surface area contributed by atoms with Crippen molar-refractivity contribution >= 4 is 28.4 Å². The molecule has 3 aromatic rings. The highest BCUT2D eigenvalue weighted by Gasteiger charge is 2.35. The number of pyridine rings is 2. The summed E-state index contributed by atoms with van der Waals surface area (Å²) in [6.07, 6.45) is 3.79. The molecule has 8 nitrogen and oxygen atoms in total. The molecule has 0 aromatic carbocycles. The first-order valence-electron chi connectivity index (χ1n) is 10.5. The smallest absolute Gasteiger partial charge is 0.323 e. The molecule has 32 heavy (non-hydrogen) atoms. The normalized spacial score (nSPS) is 16.1. The number of alkyl halides is 2. The number of ether oxygens (including phenoxy) is 2. The lowest BCUT2D eigenvalue weighted by atomic mass is 9.84. The van der Waals surface area contributed by atoms with Gasteiger partial charge in [0.25, 0.3) is 0 Å². The lowest BCUT2D eigenvalue weighted by Gasteiger charge is -2.27. The summed E-state index contributed by atoms with van der Waals surface area (Å²) in [4.78, 5) is 24.3. The van der Waals surface area contributed by atoms with E-state index >= 15 is 0 Å². The summed E-state index contributed by atoms with van der Waals surface area (Å²) in [5.74, 6) is -2.11. The van der Waals surface area contributed by atoms with Crippen molar-refractivity contribution in [2.45, 2.75) is 37.5 Å². The van der Waals surface area contributed by atoms with E-state index in [9.17, 15) is 13.6 Å².